The third kappa shape index (κ3) is 2.80. The van der Waals surface area contributed by atoms with Crippen molar-refractivity contribution in [1.82, 2.24) is 15.3 Å². The van der Waals surface area contributed by atoms with E-state index in [1.54, 1.807) is 11.3 Å². The van der Waals surface area contributed by atoms with Crippen molar-refractivity contribution in [3.8, 4) is 0 Å². The topological polar surface area (TPSA) is 37.8 Å². The van der Waals surface area contributed by atoms with E-state index in [1.807, 2.05) is 30.6 Å². The highest BCUT2D eigenvalue weighted by Gasteiger charge is 2.07. The summed E-state index contributed by atoms with van der Waals surface area (Å²) in [4.78, 5) is 8.66. The highest BCUT2D eigenvalue weighted by Crippen LogP contribution is 2.22. The fourth-order valence-electron chi connectivity index (χ4n) is 2.01. The summed E-state index contributed by atoms with van der Waals surface area (Å²) in [6, 6.07) is 12.6. The van der Waals surface area contributed by atoms with Gasteiger partial charge in [-0.1, -0.05) is 12.1 Å². The Hall–Kier alpha value is -1.78. The summed E-state index contributed by atoms with van der Waals surface area (Å²) in [5, 5.41) is 4.62. The van der Waals surface area contributed by atoms with Gasteiger partial charge in [-0.05, 0) is 36.8 Å². The third-order valence-corrected chi connectivity index (χ3v) is 4.14. The Morgan fingerprint density at radius 3 is 2.74 bits per heavy atom. The van der Waals surface area contributed by atoms with E-state index in [-0.39, 0.29) is 0 Å². The maximum Gasteiger partial charge on any atom is 0.108 e. The number of aromatic nitrogens is 2. The van der Waals surface area contributed by atoms with Gasteiger partial charge in [0.05, 0.1) is 10.2 Å². The van der Waals surface area contributed by atoms with Gasteiger partial charge >= 0.3 is 0 Å². The van der Waals surface area contributed by atoms with Crippen molar-refractivity contribution in [2.24, 2.45) is 0 Å². The van der Waals surface area contributed by atoms with E-state index in [1.165, 1.54) is 10.3 Å². The van der Waals surface area contributed by atoms with E-state index in [9.17, 15) is 0 Å². The largest absolute Gasteiger partial charge is 0.304 e. The first-order valence-corrected chi connectivity index (χ1v) is 7.12. The van der Waals surface area contributed by atoms with Gasteiger partial charge in [0.15, 0.2) is 0 Å². The van der Waals surface area contributed by atoms with Crippen molar-refractivity contribution in [2.75, 3.05) is 0 Å². The van der Waals surface area contributed by atoms with E-state index in [0.717, 1.165) is 17.1 Å². The fraction of sp³-hybridized carbons (Fsp3) is 0.200. The monoisotopic (exact) mass is 269 g/mol. The standard InChI is InChI=1S/C15H15N3S/c1-11(12-6-8-16-9-7-12)17-10-15-18-13-4-2-3-5-14(13)19-15/h2-9,11,17H,10H2,1H3/t11-/m1/s1. The number of hydrogen-bond acceptors (Lipinski definition) is 4. The minimum atomic E-state index is 0.301. The van der Waals surface area contributed by atoms with E-state index in [0.29, 0.717) is 6.04 Å². The molecular weight excluding hydrogens is 254 g/mol. The number of benzene rings is 1. The van der Waals surface area contributed by atoms with Crippen LogP contribution in [0.5, 0.6) is 0 Å². The van der Waals surface area contributed by atoms with Gasteiger partial charge in [0.2, 0.25) is 0 Å². The van der Waals surface area contributed by atoms with Crippen LogP contribution in [0.15, 0.2) is 48.8 Å². The summed E-state index contributed by atoms with van der Waals surface area (Å²) in [5.41, 5.74) is 2.33. The Labute approximate surface area is 116 Å². The van der Waals surface area contributed by atoms with Crippen LogP contribution in [0.4, 0.5) is 0 Å². The van der Waals surface area contributed by atoms with Crippen LogP contribution in [0.3, 0.4) is 0 Å². The van der Waals surface area contributed by atoms with Crippen LogP contribution in [-0.2, 0) is 6.54 Å². The molecule has 0 saturated heterocycles. The molecule has 0 aliphatic rings. The molecule has 0 fully saturated rings. The first-order chi connectivity index (χ1) is 9.33. The first kappa shape index (κ1) is 12.3. The van der Waals surface area contributed by atoms with Crippen LogP contribution in [-0.4, -0.2) is 9.97 Å². The molecule has 1 atom stereocenters. The molecule has 0 aliphatic heterocycles. The first-order valence-electron chi connectivity index (χ1n) is 6.31. The Kier molecular flexibility index (Phi) is 3.53. The summed E-state index contributed by atoms with van der Waals surface area (Å²) in [6.45, 7) is 2.95. The number of thiazole rings is 1. The van der Waals surface area contributed by atoms with Crippen molar-refractivity contribution in [1.29, 1.82) is 0 Å². The number of fused-ring (bicyclic) bond motifs is 1. The van der Waals surface area contributed by atoms with Gasteiger partial charge in [0, 0.05) is 25.0 Å². The minimum Gasteiger partial charge on any atom is -0.304 e. The number of nitrogens with zero attached hydrogens (tertiary/aromatic N) is 2. The third-order valence-electron chi connectivity index (χ3n) is 3.10. The lowest BCUT2D eigenvalue weighted by atomic mass is 10.1. The van der Waals surface area contributed by atoms with Gasteiger partial charge in [0.1, 0.15) is 5.01 Å². The maximum atomic E-state index is 4.62. The van der Waals surface area contributed by atoms with Gasteiger partial charge in [-0.3, -0.25) is 4.98 Å². The van der Waals surface area contributed by atoms with E-state index >= 15 is 0 Å². The summed E-state index contributed by atoms with van der Waals surface area (Å²) in [5.74, 6) is 0. The van der Waals surface area contributed by atoms with Crippen molar-refractivity contribution < 1.29 is 0 Å². The second-order valence-electron chi connectivity index (χ2n) is 4.46. The highest BCUT2D eigenvalue weighted by atomic mass is 32.1. The molecule has 2 heterocycles. The second kappa shape index (κ2) is 5.47. The van der Waals surface area contributed by atoms with Crippen molar-refractivity contribution in [3.05, 3.63) is 59.4 Å². The van der Waals surface area contributed by atoms with Crippen LogP contribution >= 0.6 is 11.3 Å². The molecule has 1 aromatic carbocycles. The lowest BCUT2D eigenvalue weighted by Crippen LogP contribution is -2.17. The lowest BCUT2D eigenvalue weighted by molar-refractivity contribution is 0.573. The Bertz CT molecular complexity index is 630. The zero-order valence-corrected chi connectivity index (χ0v) is 11.5. The second-order valence-corrected chi connectivity index (χ2v) is 5.57. The number of rotatable bonds is 4. The van der Waals surface area contributed by atoms with Gasteiger partial charge in [-0.15, -0.1) is 11.3 Å². The average molecular weight is 269 g/mol. The molecule has 3 nitrogen and oxygen atoms in total. The van der Waals surface area contributed by atoms with E-state index in [2.05, 4.69) is 40.4 Å². The average Bonchev–Trinajstić information content (AvgIpc) is 2.88. The molecule has 0 spiro atoms. The predicted molar refractivity (Wildman–Crippen MR) is 79.1 cm³/mol. The summed E-state index contributed by atoms with van der Waals surface area (Å²) in [6.07, 6.45) is 3.65. The Morgan fingerprint density at radius 2 is 1.95 bits per heavy atom. The zero-order chi connectivity index (χ0) is 13.1. The van der Waals surface area contributed by atoms with Gasteiger partial charge in [-0.2, -0.15) is 0 Å². The predicted octanol–water partition coefficient (Wildman–Crippen LogP) is 3.54. The molecule has 0 radical (unpaired) electrons. The van der Waals surface area contributed by atoms with Gasteiger partial charge in [-0.25, -0.2) is 4.98 Å². The molecule has 96 valence electrons. The molecule has 4 heteroatoms. The number of nitrogens with one attached hydrogen (secondary N) is 1. The molecule has 3 rings (SSSR count). The molecule has 1 N–H and O–H groups in total. The highest BCUT2D eigenvalue weighted by molar-refractivity contribution is 7.18. The van der Waals surface area contributed by atoms with Crippen molar-refractivity contribution in [3.63, 3.8) is 0 Å². The van der Waals surface area contributed by atoms with Gasteiger partial charge < -0.3 is 5.32 Å². The summed E-state index contributed by atoms with van der Waals surface area (Å²) in [7, 11) is 0. The molecular formula is C15H15N3S. The molecule has 2 aromatic heterocycles. The smallest absolute Gasteiger partial charge is 0.108 e. The number of hydrogen-bond donors (Lipinski definition) is 1. The SMILES string of the molecule is C[C@@H](NCc1nc2ccccc2s1)c1ccncc1. The Balaban J connectivity index is 1.69. The quantitative estimate of drug-likeness (QED) is 0.787. The molecule has 0 saturated carbocycles. The normalized spacial score (nSPS) is 12.7. The van der Waals surface area contributed by atoms with Crippen LogP contribution < -0.4 is 5.32 Å². The van der Waals surface area contributed by atoms with Crippen LogP contribution in [0.2, 0.25) is 0 Å². The van der Waals surface area contributed by atoms with Crippen molar-refractivity contribution >= 4 is 21.6 Å². The molecule has 0 amide bonds. The number of para-hydroxylation sites is 1. The maximum absolute atomic E-state index is 4.62. The number of pyridine rings is 1. The Morgan fingerprint density at radius 1 is 1.16 bits per heavy atom. The summed E-state index contributed by atoms with van der Waals surface area (Å²) >= 11 is 1.75. The van der Waals surface area contributed by atoms with E-state index < -0.39 is 0 Å². The minimum absolute atomic E-state index is 0.301. The molecule has 3 aromatic rings. The zero-order valence-electron chi connectivity index (χ0n) is 10.7. The van der Waals surface area contributed by atoms with E-state index in [4.69, 9.17) is 0 Å². The van der Waals surface area contributed by atoms with Gasteiger partial charge in [0.25, 0.3) is 0 Å². The van der Waals surface area contributed by atoms with Crippen molar-refractivity contribution in [2.45, 2.75) is 19.5 Å². The van der Waals surface area contributed by atoms with Crippen LogP contribution in [0.25, 0.3) is 10.2 Å². The molecule has 19 heavy (non-hydrogen) atoms. The molecule has 0 unspecified atom stereocenters. The van der Waals surface area contributed by atoms with Crippen LogP contribution in [0, 0.1) is 0 Å². The molecule has 0 aliphatic carbocycles. The fourth-order valence-corrected chi connectivity index (χ4v) is 2.92. The molecule has 0 bridgehead atoms. The van der Waals surface area contributed by atoms with Crippen LogP contribution in [0.1, 0.15) is 23.5 Å². The lowest BCUT2D eigenvalue weighted by Gasteiger charge is -2.12. The summed E-state index contributed by atoms with van der Waals surface area (Å²) < 4.78 is 1.25.